The highest BCUT2D eigenvalue weighted by Gasteiger charge is 2.69. The standard InChI is InChI=1S/C50H67N6O15PS/c1-8-32-22-50(32,72(62,68-27-66-47(60)64-24-30-13-14-30)69-28-67-48(61)65-25-31-15-16-31)55-43(57)40-20-35(23-56(40)44(58)42(49(4,5)6)54-46(59)71-33-11-9-10-12-33)70-41-21-38(39-26-73-45(53-39)51-29(2)3)52-37-19-34(63-7)17-18-36(37)41/h8,17-19,21,26,29-33,35,40,42H,1,9-16,20,22-25,27-28H2,2-7H3,(H,51,53)(H,54,59)(H,55,57)/t32-,35-,40?,42?,50+/m1/s1. The minimum atomic E-state index is -4.71. The first-order valence-corrected chi connectivity index (χ1v) is 27.4. The van der Waals surface area contributed by atoms with Crippen molar-refractivity contribution >= 4 is 65.2 Å². The normalized spacial score (nSPS) is 22.3. The summed E-state index contributed by atoms with van der Waals surface area (Å²) in [4.78, 5) is 79.7. The first kappa shape index (κ1) is 53.6. The molecule has 8 rings (SSSR count). The fourth-order valence-corrected chi connectivity index (χ4v) is 11.8. The Hall–Kier alpha value is -5.70. The van der Waals surface area contributed by atoms with E-state index < -0.39 is 86.2 Å². The Balaban J connectivity index is 1.09. The van der Waals surface area contributed by atoms with Gasteiger partial charge in [-0.15, -0.1) is 17.9 Å². The number of rotatable bonds is 23. The van der Waals surface area contributed by atoms with Gasteiger partial charge >= 0.3 is 26.0 Å². The largest absolute Gasteiger partial charge is 0.510 e. The van der Waals surface area contributed by atoms with Gasteiger partial charge in [-0.25, -0.2) is 24.4 Å². The monoisotopic (exact) mass is 1050 g/mol. The van der Waals surface area contributed by atoms with E-state index in [4.69, 9.17) is 52.2 Å². The van der Waals surface area contributed by atoms with Crippen LogP contribution in [0, 0.1) is 23.2 Å². The maximum Gasteiger partial charge on any atom is 0.510 e. The molecule has 2 unspecified atom stereocenters. The molecule has 0 radical (unpaired) electrons. The van der Waals surface area contributed by atoms with E-state index in [2.05, 4.69) is 22.5 Å². The molecule has 5 atom stereocenters. The third-order valence-corrected chi connectivity index (χ3v) is 16.7. The SMILES string of the molecule is C=C[C@@H]1C[C@]1(NC(=O)C1C[C@@H](Oc2cc(-c3csc(NC(C)C)n3)nc3cc(OC)ccc23)CN1C(=O)C(NC(=O)OC1CCCC1)C(C)(C)C)P(=O)(OCOC(=O)OCC1CC1)OCOC(=O)OCC1CC1. The van der Waals surface area contributed by atoms with Gasteiger partial charge in [0.1, 0.15) is 46.8 Å². The molecule has 3 aromatic rings. The third-order valence-electron chi connectivity index (χ3n) is 13.4. The second-order valence-electron chi connectivity index (χ2n) is 20.7. The second-order valence-corrected chi connectivity index (χ2v) is 23.9. The molecule has 0 spiro atoms. The molecular formula is C50H67N6O15PS. The van der Waals surface area contributed by atoms with Crippen LogP contribution < -0.4 is 25.4 Å². The average Bonchev–Trinajstić information content (AvgIpc) is 4.31. The van der Waals surface area contributed by atoms with Crippen LogP contribution in [0.25, 0.3) is 22.3 Å². The van der Waals surface area contributed by atoms with Gasteiger partial charge in [0, 0.05) is 41.3 Å². The van der Waals surface area contributed by atoms with E-state index in [0.717, 1.165) is 38.5 Å². The van der Waals surface area contributed by atoms with Crippen LogP contribution >= 0.6 is 18.9 Å². The number of ether oxygens (including phenoxy) is 7. The molecule has 5 fully saturated rings. The van der Waals surface area contributed by atoms with Crippen molar-refractivity contribution in [2.45, 2.75) is 134 Å². The van der Waals surface area contributed by atoms with Crippen LogP contribution in [0.4, 0.5) is 19.5 Å². The van der Waals surface area contributed by atoms with Crippen LogP contribution in [0.5, 0.6) is 11.5 Å². The highest BCUT2D eigenvalue weighted by Crippen LogP contribution is 2.73. The summed E-state index contributed by atoms with van der Waals surface area (Å²) in [7, 11) is -3.16. The van der Waals surface area contributed by atoms with Crippen LogP contribution in [-0.4, -0.2) is 121 Å². The number of carbonyl (C=O) groups is 5. The molecule has 21 nitrogen and oxygen atoms in total. The maximum atomic E-state index is 15.2. The number of nitrogens with one attached hydrogen (secondary N) is 3. The number of hydrogen-bond acceptors (Lipinski definition) is 19. The number of carbonyl (C=O) groups excluding carboxylic acids is 5. The molecule has 4 aliphatic carbocycles. The lowest BCUT2D eigenvalue weighted by Gasteiger charge is -2.36. The lowest BCUT2D eigenvalue weighted by molar-refractivity contribution is -0.142. The molecule has 2 aromatic heterocycles. The molecule has 398 valence electrons. The summed E-state index contributed by atoms with van der Waals surface area (Å²) in [5, 5.41) is 10.4. The van der Waals surface area contributed by atoms with Gasteiger partial charge in [-0.1, -0.05) is 26.8 Å². The predicted molar refractivity (Wildman–Crippen MR) is 267 cm³/mol. The van der Waals surface area contributed by atoms with Crippen molar-refractivity contribution in [3.05, 3.63) is 42.3 Å². The zero-order valence-electron chi connectivity index (χ0n) is 42.2. The summed E-state index contributed by atoms with van der Waals surface area (Å²) >= 11 is 1.43. The number of pyridine rings is 1. The quantitative estimate of drug-likeness (QED) is 0.0263. The van der Waals surface area contributed by atoms with Crippen molar-refractivity contribution in [3.8, 4) is 22.9 Å². The average molecular weight is 1060 g/mol. The summed E-state index contributed by atoms with van der Waals surface area (Å²) < 4.78 is 65.3. The topological polar surface area (TPSA) is 251 Å². The van der Waals surface area contributed by atoms with Crippen molar-refractivity contribution in [2.75, 3.05) is 45.8 Å². The highest BCUT2D eigenvalue weighted by molar-refractivity contribution is 7.56. The molecule has 1 aliphatic heterocycles. The van der Waals surface area contributed by atoms with Gasteiger partial charge in [-0.2, -0.15) is 0 Å². The van der Waals surface area contributed by atoms with Crippen molar-refractivity contribution in [1.82, 2.24) is 25.5 Å². The lowest BCUT2D eigenvalue weighted by Crippen LogP contribution is -2.58. The fourth-order valence-electron chi connectivity index (χ4n) is 8.87. The Bertz CT molecular complexity index is 2520. The Labute approximate surface area is 428 Å². The van der Waals surface area contributed by atoms with E-state index in [-0.39, 0.29) is 56.6 Å². The van der Waals surface area contributed by atoms with Gasteiger partial charge in [-0.05, 0) is 101 Å². The van der Waals surface area contributed by atoms with E-state index in [1.165, 1.54) is 22.3 Å². The number of alkyl carbamates (subject to hydrolysis) is 1. The van der Waals surface area contributed by atoms with E-state index >= 15 is 14.2 Å². The van der Waals surface area contributed by atoms with Crippen LogP contribution in [0.15, 0.2) is 42.3 Å². The molecule has 0 bridgehead atoms. The van der Waals surface area contributed by atoms with E-state index in [1.54, 1.807) is 46.1 Å². The zero-order valence-corrected chi connectivity index (χ0v) is 43.9. The van der Waals surface area contributed by atoms with Crippen LogP contribution in [0.3, 0.4) is 0 Å². The van der Waals surface area contributed by atoms with Crippen molar-refractivity contribution < 1.29 is 70.7 Å². The number of fused-ring (bicyclic) bond motifs is 1. The van der Waals surface area contributed by atoms with Gasteiger partial charge < -0.3 is 54.0 Å². The number of hydrogen-bond donors (Lipinski definition) is 3. The van der Waals surface area contributed by atoms with Gasteiger partial charge in [-0.3, -0.25) is 23.2 Å². The van der Waals surface area contributed by atoms with Gasteiger partial charge in [0.05, 0.1) is 38.1 Å². The fraction of sp³-hybridized carbons (Fsp3) is 0.620. The number of benzene rings is 1. The zero-order chi connectivity index (χ0) is 52.1. The number of anilines is 1. The van der Waals surface area contributed by atoms with Crippen molar-refractivity contribution in [1.29, 1.82) is 0 Å². The minimum Gasteiger partial charge on any atom is -0.497 e. The van der Waals surface area contributed by atoms with E-state index in [1.807, 2.05) is 25.3 Å². The molecule has 3 N–H and O–H groups in total. The van der Waals surface area contributed by atoms with E-state index in [9.17, 15) is 14.4 Å². The molecular weight excluding hydrogens is 988 g/mol. The van der Waals surface area contributed by atoms with Crippen LogP contribution in [0.1, 0.15) is 98.8 Å². The number of amides is 3. The Kier molecular flexibility index (Phi) is 16.8. The lowest BCUT2D eigenvalue weighted by atomic mass is 9.85. The van der Waals surface area contributed by atoms with E-state index in [0.29, 0.717) is 51.8 Å². The minimum absolute atomic E-state index is 0.0300. The number of methoxy groups -OCH3 is 1. The summed E-state index contributed by atoms with van der Waals surface area (Å²) in [6, 6.07) is 4.76. The molecule has 3 amide bonds. The number of aromatic nitrogens is 2. The molecule has 23 heteroatoms. The van der Waals surface area contributed by atoms with Crippen LogP contribution in [0.2, 0.25) is 0 Å². The van der Waals surface area contributed by atoms with Gasteiger partial charge in [0.15, 0.2) is 5.13 Å². The van der Waals surface area contributed by atoms with Gasteiger partial charge in [0.2, 0.25) is 25.4 Å². The van der Waals surface area contributed by atoms with Crippen molar-refractivity contribution in [2.24, 2.45) is 23.2 Å². The first-order valence-electron chi connectivity index (χ1n) is 24.9. The summed E-state index contributed by atoms with van der Waals surface area (Å²) in [5.74, 6) is -0.691. The molecule has 1 saturated heterocycles. The Morgan fingerprint density at radius 2 is 1.56 bits per heavy atom. The Morgan fingerprint density at radius 3 is 2.14 bits per heavy atom. The summed E-state index contributed by atoms with van der Waals surface area (Å²) in [6.07, 6.45) is 4.26. The van der Waals surface area contributed by atoms with Gasteiger partial charge in [0.25, 0.3) is 0 Å². The molecule has 4 saturated carbocycles. The third kappa shape index (κ3) is 13.5. The highest BCUT2D eigenvalue weighted by atomic mass is 32.1. The molecule has 1 aromatic carbocycles. The Morgan fingerprint density at radius 1 is 0.904 bits per heavy atom. The number of nitrogens with zero attached hydrogens (tertiary/aromatic N) is 3. The summed E-state index contributed by atoms with van der Waals surface area (Å²) in [6.45, 7) is 11.6. The molecule has 5 aliphatic rings. The molecule has 3 heterocycles. The second kappa shape index (κ2) is 22.8. The van der Waals surface area contributed by atoms with Crippen molar-refractivity contribution in [3.63, 3.8) is 0 Å². The first-order chi connectivity index (χ1) is 34.9. The summed E-state index contributed by atoms with van der Waals surface area (Å²) in [5.41, 5.74) is 0.746. The van der Waals surface area contributed by atoms with Crippen LogP contribution in [-0.2, 0) is 46.9 Å². The smallest absolute Gasteiger partial charge is 0.497 e. The number of likely N-dealkylation sites (tertiary alicyclic amines) is 1. The molecule has 73 heavy (non-hydrogen) atoms. The maximum absolute atomic E-state index is 15.2. The number of thiazole rings is 1. The predicted octanol–water partition coefficient (Wildman–Crippen LogP) is 8.91.